The molecule has 0 unspecified atom stereocenters. The van der Waals surface area contributed by atoms with E-state index in [4.69, 9.17) is 0 Å². The van der Waals surface area contributed by atoms with Gasteiger partial charge in [-0.15, -0.1) is 6.58 Å². The van der Waals surface area contributed by atoms with Crippen LogP contribution in [0.1, 0.15) is 30.9 Å². The molecule has 1 aromatic rings. The lowest BCUT2D eigenvalue weighted by Gasteiger charge is -2.29. The van der Waals surface area contributed by atoms with Gasteiger partial charge in [0.15, 0.2) is 0 Å². The molecule has 2 atom stereocenters. The van der Waals surface area contributed by atoms with Crippen molar-refractivity contribution >= 4 is 11.9 Å². The minimum atomic E-state index is -0.685. The quantitative estimate of drug-likeness (QED) is 0.471. The molecule has 1 fully saturated rings. The first-order valence-corrected chi connectivity index (χ1v) is 7.60. The molecule has 4 nitrogen and oxygen atoms in total. The van der Waals surface area contributed by atoms with E-state index in [0.29, 0.717) is 18.4 Å². The molecule has 128 valence electrons. The lowest BCUT2D eigenvalue weighted by Crippen LogP contribution is -2.36. The topological polar surface area (TPSA) is 46.6 Å². The summed E-state index contributed by atoms with van der Waals surface area (Å²) >= 11 is 0. The molecule has 0 N–H and O–H groups in total. The highest BCUT2D eigenvalue weighted by molar-refractivity contribution is 5.82. The van der Waals surface area contributed by atoms with Gasteiger partial charge in [0.1, 0.15) is 11.6 Å². The second-order valence-electron chi connectivity index (χ2n) is 5.54. The van der Waals surface area contributed by atoms with E-state index in [-0.39, 0.29) is 18.4 Å². The number of hydrogen-bond acceptors (Lipinski definition) is 3. The van der Waals surface area contributed by atoms with Crippen LogP contribution in [-0.2, 0) is 14.3 Å². The highest BCUT2D eigenvalue weighted by Crippen LogP contribution is 2.37. The van der Waals surface area contributed by atoms with Crippen molar-refractivity contribution in [3.8, 4) is 0 Å². The molecule has 0 bridgehead atoms. The number of halogens is 2. The van der Waals surface area contributed by atoms with E-state index < -0.39 is 23.6 Å². The Bertz CT molecular complexity index is 652. The van der Waals surface area contributed by atoms with Crippen LogP contribution in [0.15, 0.2) is 43.0 Å². The summed E-state index contributed by atoms with van der Waals surface area (Å²) in [6, 6.07) is 2.47. The second kappa shape index (κ2) is 7.86. The van der Waals surface area contributed by atoms with Gasteiger partial charge in [-0.2, -0.15) is 0 Å². The largest absolute Gasteiger partial charge is 0.466 e. The summed E-state index contributed by atoms with van der Waals surface area (Å²) in [6.45, 7) is 3.55. The van der Waals surface area contributed by atoms with Gasteiger partial charge in [0, 0.05) is 18.6 Å². The molecule has 0 aromatic heterocycles. The van der Waals surface area contributed by atoms with E-state index in [1.165, 1.54) is 31.4 Å². The zero-order valence-corrected chi connectivity index (χ0v) is 13.4. The average Bonchev–Trinajstić information content (AvgIpc) is 2.95. The Balaban J connectivity index is 2.33. The molecule has 0 aliphatic carbocycles. The lowest BCUT2D eigenvalue weighted by atomic mass is 10.0. The number of nitrogens with zero attached hydrogens (tertiary/aromatic N) is 1. The van der Waals surface area contributed by atoms with E-state index in [1.54, 1.807) is 11.0 Å². The fraction of sp³-hybridized carbons (Fsp3) is 0.333. The standard InChI is InChI=1S/C18H19F2NO3/c1-3-4-17(22)21-15(6-8-18(23)24-2)5-7-16(21)12-9-13(19)11-14(20)10-12/h3,6,8-11,15-16H,1,4-5,7H2,2H3/t15-,16+/m1/s1. The molecule has 6 heteroatoms. The molecule has 1 aromatic carbocycles. The number of benzene rings is 1. The van der Waals surface area contributed by atoms with Crippen molar-refractivity contribution < 1.29 is 23.1 Å². The van der Waals surface area contributed by atoms with Crippen molar-refractivity contribution in [1.82, 2.24) is 4.90 Å². The first-order chi connectivity index (χ1) is 11.5. The third kappa shape index (κ3) is 4.07. The summed E-state index contributed by atoms with van der Waals surface area (Å²) in [4.78, 5) is 25.3. The number of likely N-dealkylation sites (tertiary alicyclic amines) is 1. The van der Waals surface area contributed by atoms with Crippen LogP contribution in [-0.4, -0.2) is 29.9 Å². The first-order valence-electron chi connectivity index (χ1n) is 7.60. The number of amides is 1. The van der Waals surface area contributed by atoms with Gasteiger partial charge in [-0.3, -0.25) is 4.79 Å². The number of carbonyl (C=O) groups excluding carboxylic acids is 2. The summed E-state index contributed by atoms with van der Waals surface area (Å²) in [5.41, 5.74) is 0.402. The number of rotatable bonds is 5. The van der Waals surface area contributed by atoms with E-state index in [9.17, 15) is 18.4 Å². The van der Waals surface area contributed by atoms with Crippen LogP contribution in [0, 0.1) is 11.6 Å². The van der Waals surface area contributed by atoms with Crippen molar-refractivity contribution in [2.75, 3.05) is 7.11 Å². The van der Waals surface area contributed by atoms with E-state index >= 15 is 0 Å². The zero-order valence-electron chi connectivity index (χ0n) is 13.4. The molecule has 0 spiro atoms. The van der Waals surface area contributed by atoms with Crippen LogP contribution >= 0.6 is 0 Å². The summed E-state index contributed by atoms with van der Waals surface area (Å²) in [7, 11) is 1.26. The van der Waals surface area contributed by atoms with Gasteiger partial charge in [0.2, 0.25) is 5.91 Å². The zero-order chi connectivity index (χ0) is 17.7. The molecule has 1 aliphatic heterocycles. The van der Waals surface area contributed by atoms with Gasteiger partial charge in [-0.05, 0) is 30.5 Å². The van der Waals surface area contributed by atoms with Gasteiger partial charge in [0.05, 0.1) is 19.2 Å². The molecule has 0 radical (unpaired) electrons. The van der Waals surface area contributed by atoms with E-state index in [0.717, 1.165) is 6.07 Å². The molecule has 1 amide bonds. The monoisotopic (exact) mass is 335 g/mol. The van der Waals surface area contributed by atoms with Crippen molar-refractivity contribution in [2.45, 2.75) is 31.3 Å². The number of esters is 1. The highest BCUT2D eigenvalue weighted by Gasteiger charge is 2.36. The molecule has 1 saturated heterocycles. The second-order valence-corrected chi connectivity index (χ2v) is 5.54. The van der Waals surface area contributed by atoms with Gasteiger partial charge in [-0.1, -0.05) is 12.2 Å². The predicted octanol–water partition coefficient (Wildman–Crippen LogP) is 3.30. The van der Waals surface area contributed by atoms with Crippen molar-refractivity contribution in [2.24, 2.45) is 0 Å². The Morgan fingerprint density at radius 2 is 1.96 bits per heavy atom. The van der Waals surface area contributed by atoms with Gasteiger partial charge in [0.25, 0.3) is 0 Å². The summed E-state index contributed by atoms with van der Waals surface area (Å²) < 4.78 is 31.6. The summed E-state index contributed by atoms with van der Waals surface area (Å²) in [6.07, 6.45) is 5.55. The Morgan fingerprint density at radius 1 is 1.29 bits per heavy atom. The maximum atomic E-state index is 13.5. The van der Waals surface area contributed by atoms with Gasteiger partial charge >= 0.3 is 5.97 Å². The predicted molar refractivity (Wildman–Crippen MR) is 84.9 cm³/mol. The maximum Gasteiger partial charge on any atom is 0.330 e. The van der Waals surface area contributed by atoms with Crippen LogP contribution in [0.25, 0.3) is 0 Å². The smallest absolute Gasteiger partial charge is 0.330 e. The summed E-state index contributed by atoms with van der Waals surface area (Å²) in [5, 5.41) is 0. The number of ether oxygens (including phenoxy) is 1. The third-order valence-corrected chi connectivity index (χ3v) is 3.96. The van der Waals surface area contributed by atoms with Crippen molar-refractivity contribution in [3.63, 3.8) is 0 Å². The molecule has 24 heavy (non-hydrogen) atoms. The molecular weight excluding hydrogens is 316 g/mol. The molecule has 1 aliphatic rings. The van der Waals surface area contributed by atoms with Crippen LogP contribution in [0.4, 0.5) is 8.78 Å². The van der Waals surface area contributed by atoms with Crippen LogP contribution in [0.2, 0.25) is 0 Å². The Morgan fingerprint density at radius 3 is 2.54 bits per heavy atom. The number of methoxy groups -OCH3 is 1. The van der Waals surface area contributed by atoms with Crippen LogP contribution in [0.5, 0.6) is 0 Å². The SMILES string of the molecule is C=CCC(=O)N1[C@@H](C=CC(=O)OC)CC[C@H]1c1cc(F)cc(F)c1. The molecule has 1 heterocycles. The number of hydrogen-bond donors (Lipinski definition) is 0. The summed E-state index contributed by atoms with van der Waals surface area (Å²) in [5.74, 6) is -2.10. The van der Waals surface area contributed by atoms with Crippen molar-refractivity contribution in [3.05, 3.63) is 60.2 Å². The van der Waals surface area contributed by atoms with E-state index in [2.05, 4.69) is 11.3 Å². The minimum absolute atomic E-state index is 0.108. The average molecular weight is 335 g/mol. The van der Waals surface area contributed by atoms with Gasteiger partial charge in [-0.25, -0.2) is 13.6 Å². The molecule has 2 rings (SSSR count). The Labute approximate surface area is 139 Å². The lowest BCUT2D eigenvalue weighted by molar-refractivity contribution is -0.135. The Kier molecular flexibility index (Phi) is 5.84. The minimum Gasteiger partial charge on any atom is -0.466 e. The normalized spacial score (nSPS) is 20.4. The number of carbonyl (C=O) groups is 2. The first kappa shape index (κ1) is 17.8. The maximum absolute atomic E-state index is 13.5. The van der Waals surface area contributed by atoms with Gasteiger partial charge < -0.3 is 9.64 Å². The molecule has 0 saturated carbocycles. The fourth-order valence-electron chi connectivity index (χ4n) is 2.97. The van der Waals surface area contributed by atoms with Crippen LogP contribution < -0.4 is 0 Å². The van der Waals surface area contributed by atoms with E-state index in [1.807, 2.05) is 0 Å². The fourth-order valence-corrected chi connectivity index (χ4v) is 2.97. The van der Waals surface area contributed by atoms with Crippen LogP contribution in [0.3, 0.4) is 0 Å². The Hall–Kier alpha value is -2.50. The highest BCUT2D eigenvalue weighted by atomic mass is 19.1. The molecular formula is C18H19F2NO3. The third-order valence-electron chi connectivity index (χ3n) is 3.96. The van der Waals surface area contributed by atoms with Crippen molar-refractivity contribution in [1.29, 1.82) is 0 Å².